The molecular formula is C23H25F2N3O2. The highest BCUT2D eigenvalue weighted by molar-refractivity contribution is 5.97. The van der Waals surface area contributed by atoms with Crippen LogP contribution in [0.3, 0.4) is 0 Å². The van der Waals surface area contributed by atoms with Crippen LogP contribution in [-0.4, -0.2) is 44.7 Å². The summed E-state index contributed by atoms with van der Waals surface area (Å²) in [6, 6.07) is 7.19. The Labute approximate surface area is 173 Å². The number of fused-ring (bicyclic) bond motifs is 1. The highest BCUT2D eigenvalue weighted by Crippen LogP contribution is 2.35. The Morgan fingerprint density at radius 3 is 2.50 bits per heavy atom. The molecule has 1 saturated heterocycles. The van der Waals surface area contributed by atoms with E-state index >= 15 is 0 Å². The van der Waals surface area contributed by atoms with Crippen molar-refractivity contribution >= 4 is 11.4 Å². The second-order valence-electron chi connectivity index (χ2n) is 8.19. The summed E-state index contributed by atoms with van der Waals surface area (Å²) >= 11 is 0. The lowest BCUT2D eigenvalue weighted by Crippen LogP contribution is -2.42. The maximum Gasteiger partial charge on any atom is 0.255 e. The standard InChI is InChI=1S/C23H25F2N3O2/c1-13(2)22-16(23(30)27-11-5-6-15(29)12-27)9-10-19-20(14(3)26-28(19)22)21-17(24)7-4-8-18(21)25/h4,7-10,13,15,29H,5-6,11-12H2,1-3H3/t15-/m0/s1. The van der Waals surface area contributed by atoms with Gasteiger partial charge in [0, 0.05) is 18.7 Å². The Balaban J connectivity index is 1.90. The summed E-state index contributed by atoms with van der Waals surface area (Å²) in [5.41, 5.74) is 2.49. The van der Waals surface area contributed by atoms with Crippen molar-refractivity contribution in [2.24, 2.45) is 0 Å². The van der Waals surface area contributed by atoms with E-state index in [1.165, 1.54) is 18.2 Å². The van der Waals surface area contributed by atoms with Crippen LogP contribution in [0, 0.1) is 18.6 Å². The minimum absolute atomic E-state index is 0.0556. The predicted molar refractivity (Wildman–Crippen MR) is 111 cm³/mol. The summed E-state index contributed by atoms with van der Waals surface area (Å²) in [6.45, 7) is 6.52. The molecule has 0 spiro atoms. The van der Waals surface area contributed by atoms with E-state index in [0.717, 1.165) is 6.42 Å². The first-order valence-corrected chi connectivity index (χ1v) is 10.2. The molecule has 1 aromatic carbocycles. The molecule has 158 valence electrons. The third kappa shape index (κ3) is 3.37. The van der Waals surface area contributed by atoms with Crippen molar-refractivity contribution in [3.05, 3.63) is 58.9 Å². The van der Waals surface area contributed by atoms with E-state index in [1.54, 1.807) is 28.5 Å². The normalized spacial score (nSPS) is 17.2. The summed E-state index contributed by atoms with van der Waals surface area (Å²) in [4.78, 5) is 14.9. The molecule has 2 aromatic heterocycles. The van der Waals surface area contributed by atoms with Crippen molar-refractivity contribution in [1.82, 2.24) is 14.5 Å². The molecule has 1 aliphatic rings. The number of amides is 1. The van der Waals surface area contributed by atoms with Crippen LogP contribution in [-0.2, 0) is 0 Å². The number of aliphatic hydroxyl groups is 1. The molecule has 0 bridgehead atoms. The van der Waals surface area contributed by atoms with Crippen molar-refractivity contribution in [2.75, 3.05) is 13.1 Å². The van der Waals surface area contributed by atoms with Crippen LogP contribution >= 0.6 is 0 Å². The lowest BCUT2D eigenvalue weighted by molar-refractivity contribution is 0.0472. The number of aliphatic hydroxyl groups excluding tert-OH is 1. The van der Waals surface area contributed by atoms with Crippen LogP contribution in [0.15, 0.2) is 30.3 Å². The third-order valence-electron chi connectivity index (χ3n) is 5.68. The minimum atomic E-state index is -0.651. The van der Waals surface area contributed by atoms with Crippen LogP contribution in [0.1, 0.15) is 54.4 Å². The molecule has 0 aliphatic carbocycles. The van der Waals surface area contributed by atoms with Gasteiger partial charge in [-0.25, -0.2) is 13.3 Å². The van der Waals surface area contributed by atoms with Gasteiger partial charge in [0.05, 0.1) is 34.1 Å². The van der Waals surface area contributed by atoms with Gasteiger partial charge in [-0.2, -0.15) is 5.10 Å². The van der Waals surface area contributed by atoms with Gasteiger partial charge in [0.2, 0.25) is 0 Å². The number of aromatic nitrogens is 2. The van der Waals surface area contributed by atoms with Gasteiger partial charge in [-0.05, 0) is 49.9 Å². The van der Waals surface area contributed by atoms with Gasteiger partial charge >= 0.3 is 0 Å². The van der Waals surface area contributed by atoms with Gasteiger partial charge in [0.15, 0.2) is 0 Å². The first kappa shape index (κ1) is 20.5. The summed E-state index contributed by atoms with van der Waals surface area (Å²) < 4.78 is 30.6. The minimum Gasteiger partial charge on any atom is -0.391 e. The number of hydrogen-bond donors (Lipinski definition) is 1. The number of piperidine rings is 1. The highest BCUT2D eigenvalue weighted by Gasteiger charge is 2.28. The van der Waals surface area contributed by atoms with Crippen molar-refractivity contribution in [1.29, 1.82) is 0 Å². The average Bonchev–Trinajstić information content (AvgIpc) is 3.02. The van der Waals surface area contributed by atoms with Crippen molar-refractivity contribution in [3.63, 3.8) is 0 Å². The molecule has 1 amide bonds. The molecule has 30 heavy (non-hydrogen) atoms. The first-order chi connectivity index (χ1) is 14.3. The molecular weight excluding hydrogens is 388 g/mol. The largest absolute Gasteiger partial charge is 0.391 e. The maximum absolute atomic E-state index is 14.5. The van der Waals surface area contributed by atoms with Crippen LogP contribution in [0.4, 0.5) is 8.78 Å². The van der Waals surface area contributed by atoms with Crippen LogP contribution in [0.2, 0.25) is 0 Å². The molecule has 0 saturated carbocycles. The number of pyridine rings is 1. The number of aryl methyl sites for hydroxylation is 1. The van der Waals surface area contributed by atoms with Crippen LogP contribution < -0.4 is 0 Å². The molecule has 7 heteroatoms. The lowest BCUT2D eigenvalue weighted by Gasteiger charge is -2.31. The molecule has 1 N–H and O–H groups in total. The van der Waals surface area contributed by atoms with Crippen molar-refractivity contribution in [3.8, 4) is 11.1 Å². The highest BCUT2D eigenvalue weighted by atomic mass is 19.1. The molecule has 1 fully saturated rings. The number of likely N-dealkylation sites (tertiary alicyclic amines) is 1. The smallest absolute Gasteiger partial charge is 0.255 e. The van der Waals surface area contributed by atoms with Gasteiger partial charge in [-0.3, -0.25) is 4.79 Å². The topological polar surface area (TPSA) is 57.8 Å². The summed E-state index contributed by atoms with van der Waals surface area (Å²) in [5, 5.41) is 14.5. The zero-order valence-electron chi connectivity index (χ0n) is 17.3. The number of carbonyl (C=O) groups is 1. The Bertz CT molecular complexity index is 1100. The quantitative estimate of drug-likeness (QED) is 0.696. The van der Waals surface area contributed by atoms with Gasteiger partial charge < -0.3 is 10.0 Å². The van der Waals surface area contributed by atoms with E-state index in [0.29, 0.717) is 47.5 Å². The average molecular weight is 413 g/mol. The number of hydrogen-bond acceptors (Lipinski definition) is 3. The fourth-order valence-electron chi connectivity index (χ4n) is 4.34. The van der Waals surface area contributed by atoms with Gasteiger partial charge in [-0.15, -0.1) is 0 Å². The van der Waals surface area contributed by atoms with E-state index in [2.05, 4.69) is 5.10 Å². The number of β-amino-alcohol motifs (C(OH)–C–C–N with tert-alkyl or cyclic N) is 1. The van der Waals surface area contributed by atoms with E-state index in [9.17, 15) is 18.7 Å². The Morgan fingerprint density at radius 2 is 1.87 bits per heavy atom. The Kier molecular flexibility index (Phi) is 5.32. The fourth-order valence-corrected chi connectivity index (χ4v) is 4.34. The number of halogens is 2. The maximum atomic E-state index is 14.5. The molecule has 0 unspecified atom stereocenters. The third-order valence-corrected chi connectivity index (χ3v) is 5.68. The monoisotopic (exact) mass is 413 g/mol. The number of nitrogens with zero attached hydrogens (tertiary/aromatic N) is 3. The van der Waals surface area contributed by atoms with Gasteiger partial charge in [0.1, 0.15) is 11.6 Å². The van der Waals surface area contributed by atoms with Crippen LogP contribution in [0.25, 0.3) is 16.6 Å². The molecule has 3 heterocycles. The number of carbonyl (C=O) groups excluding carboxylic acids is 1. The SMILES string of the molecule is Cc1nn2c(C(C)C)c(C(=O)N3CCC[C@H](O)C3)ccc2c1-c1c(F)cccc1F. The van der Waals surface area contributed by atoms with E-state index in [4.69, 9.17) is 0 Å². The summed E-state index contributed by atoms with van der Waals surface area (Å²) in [6.07, 6.45) is 0.927. The van der Waals surface area contributed by atoms with Gasteiger partial charge in [-0.1, -0.05) is 19.9 Å². The second kappa shape index (κ2) is 7.80. The fraction of sp³-hybridized carbons (Fsp3) is 0.391. The predicted octanol–water partition coefficient (Wildman–Crippen LogP) is 4.31. The van der Waals surface area contributed by atoms with E-state index in [-0.39, 0.29) is 17.4 Å². The zero-order chi connectivity index (χ0) is 21.6. The first-order valence-electron chi connectivity index (χ1n) is 10.2. The number of benzene rings is 1. The zero-order valence-corrected chi connectivity index (χ0v) is 17.3. The molecule has 5 nitrogen and oxygen atoms in total. The van der Waals surface area contributed by atoms with Gasteiger partial charge in [0.25, 0.3) is 5.91 Å². The van der Waals surface area contributed by atoms with Crippen molar-refractivity contribution < 1.29 is 18.7 Å². The molecule has 1 aliphatic heterocycles. The molecule has 0 radical (unpaired) electrons. The Morgan fingerprint density at radius 1 is 1.17 bits per heavy atom. The molecule has 3 aromatic rings. The Hall–Kier alpha value is -2.80. The lowest BCUT2D eigenvalue weighted by atomic mass is 9.98. The van der Waals surface area contributed by atoms with Crippen molar-refractivity contribution in [2.45, 2.75) is 45.6 Å². The molecule has 4 rings (SSSR count). The van der Waals surface area contributed by atoms with E-state index < -0.39 is 17.7 Å². The van der Waals surface area contributed by atoms with E-state index in [1.807, 2.05) is 13.8 Å². The number of rotatable bonds is 3. The second-order valence-corrected chi connectivity index (χ2v) is 8.19. The summed E-state index contributed by atoms with van der Waals surface area (Å²) in [7, 11) is 0. The summed E-state index contributed by atoms with van der Waals surface area (Å²) in [5.74, 6) is -1.52. The molecule has 1 atom stereocenters. The van der Waals surface area contributed by atoms with Crippen LogP contribution in [0.5, 0.6) is 0 Å².